The number of halogens is 1. The van der Waals surface area contributed by atoms with Crippen molar-refractivity contribution in [2.75, 3.05) is 12.4 Å². The zero-order valence-corrected chi connectivity index (χ0v) is 10.9. The van der Waals surface area contributed by atoms with E-state index < -0.39 is 5.91 Å². The summed E-state index contributed by atoms with van der Waals surface area (Å²) in [4.78, 5) is 11.1. The van der Waals surface area contributed by atoms with Gasteiger partial charge in [0, 0.05) is 5.02 Å². The molecule has 0 unspecified atom stereocenters. The molecule has 0 radical (unpaired) electrons. The van der Waals surface area contributed by atoms with Gasteiger partial charge in [-0.05, 0) is 37.5 Å². The molecule has 1 aromatic rings. The predicted molar refractivity (Wildman–Crippen MR) is 66.5 cm³/mol. The van der Waals surface area contributed by atoms with E-state index in [2.05, 4.69) is 5.32 Å². The molecule has 0 aromatic heterocycles. The van der Waals surface area contributed by atoms with Gasteiger partial charge in [-0.2, -0.15) is 5.26 Å². The van der Waals surface area contributed by atoms with E-state index in [0.717, 1.165) is 11.1 Å². The third-order valence-corrected chi connectivity index (χ3v) is 3.27. The van der Waals surface area contributed by atoms with Crippen LogP contribution in [0.5, 0.6) is 5.75 Å². The van der Waals surface area contributed by atoms with Crippen molar-refractivity contribution in [3.05, 3.63) is 21.7 Å². The van der Waals surface area contributed by atoms with Crippen molar-refractivity contribution in [3.8, 4) is 11.8 Å². The minimum atomic E-state index is -0.745. The topological polar surface area (TPSA) is 62.1 Å². The highest BCUT2D eigenvalue weighted by atomic mass is 35.5. The maximum absolute atomic E-state index is 11.1. The third kappa shape index (κ3) is 2.34. The molecule has 0 aliphatic heterocycles. The van der Waals surface area contributed by atoms with Gasteiger partial charge in [-0.25, -0.2) is 0 Å². The van der Waals surface area contributed by atoms with E-state index in [1.54, 1.807) is 6.92 Å². The molecule has 0 fully saturated rings. The highest BCUT2D eigenvalue weighted by Gasteiger charge is 2.18. The summed E-state index contributed by atoms with van der Waals surface area (Å²) >= 11 is 6.15. The van der Waals surface area contributed by atoms with Gasteiger partial charge in [-0.15, -0.1) is 0 Å². The number of carbonyl (C=O) groups excluding carboxylic acids is 1. The third-order valence-electron chi connectivity index (χ3n) is 2.71. The average Bonchev–Trinajstić information content (AvgIpc) is 2.33. The first kappa shape index (κ1) is 13.3. The summed E-state index contributed by atoms with van der Waals surface area (Å²) in [6.07, 6.45) is 0. The van der Waals surface area contributed by atoms with Gasteiger partial charge >= 0.3 is 5.91 Å². The standard InChI is InChI=1S/C12H13ClN2O2/c1-6-7(2)12(17-4)11(8(3)10(6)13)15-9(16)5-14/h1-4H3,(H,15,16). The van der Waals surface area contributed by atoms with E-state index in [1.807, 2.05) is 13.8 Å². The van der Waals surface area contributed by atoms with Crippen molar-refractivity contribution >= 4 is 23.2 Å². The van der Waals surface area contributed by atoms with Gasteiger partial charge in [-0.1, -0.05) is 11.6 Å². The Morgan fingerprint density at radius 2 is 1.88 bits per heavy atom. The fraction of sp³-hybridized carbons (Fsp3) is 0.333. The molecule has 5 heteroatoms. The Hall–Kier alpha value is -1.73. The summed E-state index contributed by atoms with van der Waals surface area (Å²) in [5.41, 5.74) is 2.88. The van der Waals surface area contributed by atoms with Gasteiger partial charge in [0.15, 0.2) is 6.07 Å². The first-order chi connectivity index (χ1) is 7.93. The van der Waals surface area contributed by atoms with Crippen LogP contribution in [-0.2, 0) is 4.79 Å². The summed E-state index contributed by atoms with van der Waals surface area (Å²) in [6.45, 7) is 5.49. The van der Waals surface area contributed by atoms with Crippen LogP contribution in [0.2, 0.25) is 5.02 Å². The number of methoxy groups -OCH3 is 1. The number of amides is 1. The second-order valence-corrected chi connectivity index (χ2v) is 4.04. The van der Waals surface area contributed by atoms with Crippen LogP contribution >= 0.6 is 11.6 Å². The van der Waals surface area contributed by atoms with Crippen LogP contribution in [0.1, 0.15) is 16.7 Å². The Balaban J connectivity index is 3.48. The Bertz CT molecular complexity index is 518. The normalized spacial score (nSPS) is 9.65. The van der Waals surface area contributed by atoms with Crippen LogP contribution in [0, 0.1) is 32.1 Å². The minimum absolute atomic E-state index is 0.451. The van der Waals surface area contributed by atoms with Crippen molar-refractivity contribution in [2.24, 2.45) is 0 Å². The van der Waals surface area contributed by atoms with Crippen molar-refractivity contribution in [1.29, 1.82) is 5.26 Å². The van der Waals surface area contributed by atoms with Crippen LogP contribution in [0.25, 0.3) is 0 Å². The maximum Gasteiger partial charge on any atom is 0.326 e. The molecule has 0 spiro atoms. The second-order valence-electron chi connectivity index (χ2n) is 3.66. The number of ether oxygens (including phenoxy) is 1. The van der Waals surface area contributed by atoms with Crippen LogP contribution in [-0.4, -0.2) is 13.0 Å². The lowest BCUT2D eigenvalue weighted by Gasteiger charge is -2.18. The molecule has 1 N–H and O–H groups in total. The first-order valence-electron chi connectivity index (χ1n) is 4.98. The van der Waals surface area contributed by atoms with Gasteiger partial charge in [0.2, 0.25) is 0 Å². The lowest BCUT2D eigenvalue weighted by atomic mass is 10.0. The SMILES string of the molecule is COc1c(C)c(C)c(Cl)c(C)c1NC(=O)C#N. The van der Waals surface area contributed by atoms with Crippen LogP contribution in [0.4, 0.5) is 5.69 Å². The van der Waals surface area contributed by atoms with Gasteiger partial charge in [0.05, 0.1) is 12.8 Å². The number of hydrogen-bond acceptors (Lipinski definition) is 3. The lowest BCUT2D eigenvalue weighted by molar-refractivity contribution is -0.111. The largest absolute Gasteiger partial charge is 0.494 e. The second kappa shape index (κ2) is 5.07. The molecule has 4 nitrogen and oxygen atoms in total. The zero-order chi connectivity index (χ0) is 13.2. The summed E-state index contributed by atoms with van der Waals surface area (Å²) in [5, 5.41) is 11.6. The Morgan fingerprint density at radius 3 is 2.35 bits per heavy atom. The van der Waals surface area contributed by atoms with Crippen LogP contribution < -0.4 is 10.1 Å². The smallest absolute Gasteiger partial charge is 0.326 e. The highest BCUT2D eigenvalue weighted by Crippen LogP contribution is 2.39. The van der Waals surface area contributed by atoms with Crippen LogP contribution in [0.3, 0.4) is 0 Å². The molecular weight excluding hydrogens is 240 g/mol. The molecule has 1 rings (SSSR count). The van der Waals surface area contributed by atoms with Gasteiger partial charge in [0.1, 0.15) is 5.75 Å². The monoisotopic (exact) mass is 252 g/mol. The number of hydrogen-bond donors (Lipinski definition) is 1. The van der Waals surface area contributed by atoms with Gasteiger partial charge in [0.25, 0.3) is 0 Å². The van der Waals surface area contributed by atoms with Crippen molar-refractivity contribution in [3.63, 3.8) is 0 Å². The Labute approximate surface area is 105 Å². The molecule has 1 aromatic carbocycles. The average molecular weight is 253 g/mol. The quantitative estimate of drug-likeness (QED) is 0.824. The van der Waals surface area contributed by atoms with Crippen molar-refractivity contribution < 1.29 is 9.53 Å². The number of carbonyl (C=O) groups is 1. The first-order valence-corrected chi connectivity index (χ1v) is 5.36. The Kier molecular flexibility index (Phi) is 3.97. The number of anilines is 1. The Morgan fingerprint density at radius 1 is 1.29 bits per heavy atom. The molecule has 0 heterocycles. The number of nitrogens with zero attached hydrogens (tertiary/aromatic N) is 1. The fourth-order valence-corrected chi connectivity index (χ4v) is 1.87. The molecule has 1 amide bonds. The van der Waals surface area contributed by atoms with E-state index in [9.17, 15) is 4.79 Å². The number of nitrogens with one attached hydrogen (secondary N) is 1. The molecule has 0 aliphatic carbocycles. The van der Waals surface area contributed by atoms with Crippen molar-refractivity contribution in [2.45, 2.75) is 20.8 Å². The number of nitriles is 1. The van der Waals surface area contributed by atoms with Gasteiger partial charge in [-0.3, -0.25) is 4.79 Å². The van der Waals surface area contributed by atoms with E-state index in [1.165, 1.54) is 13.2 Å². The number of benzene rings is 1. The summed E-state index contributed by atoms with van der Waals surface area (Å²) in [5.74, 6) is -0.210. The highest BCUT2D eigenvalue weighted by molar-refractivity contribution is 6.33. The summed E-state index contributed by atoms with van der Waals surface area (Å²) in [6, 6.07) is 1.50. The molecule has 0 aliphatic rings. The lowest BCUT2D eigenvalue weighted by Crippen LogP contribution is -2.12. The van der Waals surface area contributed by atoms with Gasteiger partial charge < -0.3 is 10.1 Å². The van der Waals surface area contributed by atoms with Crippen molar-refractivity contribution in [1.82, 2.24) is 0 Å². The summed E-state index contributed by atoms with van der Waals surface area (Å²) < 4.78 is 5.26. The van der Waals surface area contributed by atoms with E-state index >= 15 is 0 Å². The predicted octanol–water partition coefficient (Wildman–Crippen LogP) is 2.74. The molecule has 17 heavy (non-hydrogen) atoms. The molecule has 0 atom stereocenters. The molecule has 0 bridgehead atoms. The molecule has 0 saturated heterocycles. The van der Waals surface area contributed by atoms with Crippen LogP contribution in [0.15, 0.2) is 0 Å². The fourth-order valence-electron chi connectivity index (χ4n) is 1.63. The molecule has 90 valence electrons. The van der Waals surface area contributed by atoms with E-state index in [0.29, 0.717) is 22.0 Å². The molecule has 0 saturated carbocycles. The van der Waals surface area contributed by atoms with E-state index in [4.69, 9.17) is 21.6 Å². The number of rotatable bonds is 2. The van der Waals surface area contributed by atoms with E-state index in [-0.39, 0.29) is 0 Å². The maximum atomic E-state index is 11.1. The minimum Gasteiger partial charge on any atom is -0.494 e. The summed E-state index contributed by atoms with van der Waals surface area (Å²) in [7, 11) is 1.51. The molecular formula is C12H13ClN2O2. The zero-order valence-electron chi connectivity index (χ0n) is 10.1.